The molecule has 0 radical (unpaired) electrons. The van der Waals surface area contributed by atoms with E-state index in [9.17, 15) is 0 Å². The van der Waals surface area contributed by atoms with Gasteiger partial charge in [-0.05, 0) is 25.0 Å². The fourth-order valence-electron chi connectivity index (χ4n) is 4.55. The molecule has 1 saturated heterocycles. The Kier molecular flexibility index (Phi) is 9.57. The summed E-state index contributed by atoms with van der Waals surface area (Å²) < 4.78 is 11.0. The lowest BCUT2D eigenvalue weighted by atomic mass is 9.80. The number of aromatic nitrogens is 2. The molecule has 4 rings (SSSR count). The molecule has 2 aromatic rings. The first-order valence-electron chi connectivity index (χ1n) is 11.0. The van der Waals surface area contributed by atoms with Crippen molar-refractivity contribution in [3.05, 3.63) is 35.2 Å². The van der Waals surface area contributed by atoms with Gasteiger partial charge in [-0.3, -0.25) is 9.89 Å². The summed E-state index contributed by atoms with van der Waals surface area (Å²) in [6.45, 7) is 4.91. The van der Waals surface area contributed by atoms with Crippen molar-refractivity contribution in [3.63, 3.8) is 0 Å². The Labute approximate surface area is 211 Å². The van der Waals surface area contributed by atoms with Gasteiger partial charge in [-0.25, -0.2) is 0 Å². The number of aliphatic imine (C=N–C) groups is 1. The van der Waals surface area contributed by atoms with Crippen LogP contribution in [0.2, 0.25) is 5.02 Å². The van der Waals surface area contributed by atoms with Crippen molar-refractivity contribution in [1.29, 1.82) is 0 Å². The van der Waals surface area contributed by atoms with Gasteiger partial charge in [0.25, 0.3) is 0 Å². The number of nitrogens with zero attached hydrogens (tertiary/aromatic N) is 4. The molecule has 176 valence electrons. The maximum atomic E-state index is 6.06. The number of rotatable bonds is 6. The smallest absolute Gasteiger partial charge is 0.246 e. The van der Waals surface area contributed by atoms with Crippen LogP contribution in [-0.4, -0.2) is 66.4 Å². The second-order valence-electron chi connectivity index (χ2n) is 8.19. The quantitative estimate of drug-likeness (QED) is 0.309. The number of benzene rings is 1. The maximum Gasteiger partial charge on any atom is 0.246 e. The number of halogens is 2. The standard InChI is InChI=1S/C22H31ClN6O2.HI/c1-24-21(25-15-19-27-20(28-31-19)17-6-5-7-18(23)14-17)26-16-22(8-3-2-4-9-22)29-10-12-30-13-11-29;/h5-7,14H,2-4,8-13,15-16H2,1H3,(H2,24,25,26);1H. The van der Waals surface area contributed by atoms with Gasteiger partial charge in [0, 0.05) is 42.8 Å². The second-order valence-corrected chi connectivity index (χ2v) is 8.62. The Hall–Kier alpha value is -1.43. The molecule has 10 heteroatoms. The minimum atomic E-state index is 0. The van der Waals surface area contributed by atoms with Crippen LogP contribution in [0.1, 0.15) is 38.0 Å². The highest BCUT2D eigenvalue weighted by molar-refractivity contribution is 14.0. The molecule has 2 heterocycles. The summed E-state index contributed by atoms with van der Waals surface area (Å²) in [7, 11) is 1.78. The van der Waals surface area contributed by atoms with Gasteiger partial charge in [-0.1, -0.05) is 48.2 Å². The normalized spacial score (nSPS) is 19.2. The van der Waals surface area contributed by atoms with E-state index in [1.807, 2.05) is 24.3 Å². The van der Waals surface area contributed by atoms with Crippen LogP contribution in [0.3, 0.4) is 0 Å². The van der Waals surface area contributed by atoms with Crippen LogP contribution in [0.5, 0.6) is 0 Å². The van der Waals surface area contributed by atoms with Gasteiger partial charge in [0.2, 0.25) is 11.7 Å². The summed E-state index contributed by atoms with van der Waals surface area (Å²) in [5, 5.41) is 11.5. The first-order chi connectivity index (χ1) is 15.2. The number of nitrogens with one attached hydrogen (secondary N) is 2. The van der Waals surface area contributed by atoms with Crippen molar-refractivity contribution < 1.29 is 9.26 Å². The van der Waals surface area contributed by atoms with Gasteiger partial charge in [0.1, 0.15) is 0 Å². The molecule has 1 saturated carbocycles. The lowest BCUT2D eigenvalue weighted by Crippen LogP contribution is -2.60. The van der Waals surface area contributed by atoms with Crippen LogP contribution < -0.4 is 10.6 Å². The highest BCUT2D eigenvalue weighted by atomic mass is 127. The monoisotopic (exact) mass is 574 g/mol. The summed E-state index contributed by atoms with van der Waals surface area (Å²) in [5.41, 5.74) is 0.999. The minimum Gasteiger partial charge on any atom is -0.379 e. The van der Waals surface area contributed by atoms with Gasteiger partial charge in [0.05, 0.1) is 19.8 Å². The second kappa shape index (κ2) is 12.2. The molecule has 1 aromatic carbocycles. The van der Waals surface area contributed by atoms with E-state index in [1.54, 1.807) is 7.05 Å². The van der Waals surface area contributed by atoms with Crippen molar-refractivity contribution in [1.82, 2.24) is 25.7 Å². The zero-order valence-electron chi connectivity index (χ0n) is 18.5. The summed E-state index contributed by atoms with van der Waals surface area (Å²) in [6, 6.07) is 7.41. The molecule has 32 heavy (non-hydrogen) atoms. The Bertz CT molecular complexity index is 881. The van der Waals surface area contributed by atoms with Crippen molar-refractivity contribution in [2.75, 3.05) is 39.9 Å². The highest BCUT2D eigenvalue weighted by Crippen LogP contribution is 2.33. The molecule has 2 fully saturated rings. The molecule has 2 N–H and O–H groups in total. The molecule has 0 bridgehead atoms. The van der Waals surface area contributed by atoms with Crippen LogP contribution >= 0.6 is 35.6 Å². The number of morpholine rings is 1. The predicted octanol–water partition coefficient (Wildman–Crippen LogP) is 3.71. The lowest BCUT2D eigenvalue weighted by molar-refractivity contribution is -0.0352. The average molecular weight is 575 g/mol. The first kappa shape index (κ1) is 25.2. The van der Waals surface area contributed by atoms with Crippen molar-refractivity contribution in [2.45, 2.75) is 44.2 Å². The van der Waals surface area contributed by atoms with E-state index in [2.05, 4.69) is 30.7 Å². The molecule has 1 aliphatic heterocycles. The molecule has 1 aromatic heterocycles. The van der Waals surface area contributed by atoms with E-state index < -0.39 is 0 Å². The molecular formula is C22H32ClIN6O2. The predicted molar refractivity (Wildman–Crippen MR) is 137 cm³/mol. The van der Waals surface area contributed by atoms with Gasteiger partial charge >= 0.3 is 0 Å². The van der Waals surface area contributed by atoms with Gasteiger partial charge < -0.3 is 19.9 Å². The third-order valence-corrected chi connectivity index (χ3v) is 6.47. The Balaban J connectivity index is 0.00000289. The summed E-state index contributed by atoms with van der Waals surface area (Å²) in [5.74, 6) is 1.76. The number of guanidine groups is 1. The van der Waals surface area contributed by atoms with Gasteiger partial charge in [-0.2, -0.15) is 4.98 Å². The highest BCUT2D eigenvalue weighted by Gasteiger charge is 2.38. The molecule has 2 aliphatic rings. The molecular weight excluding hydrogens is 543 g/mol. The third kappa shape index (κ3) is 6.33. The van der Waals surface area contributed by atoms with Crippen molar-refractivity contribution in [2.24, 2.45) is 4.99 Å². The zero-order chi connectivity index (χ0) is 21.5. The van der Waals surface area contributed by atoms with Crippen LogP contribution in [0.15, 0.2) is 33.8 Å². The van der Waals surface area contributed by atoms with E-state index in [0.29, 0.717) is 23.3 Å². The Morgan fingerprint density at radius 2 is 1.97 bits per heavy atom. The fourth-order valence-corrected chi connectivity index (χ4v) is 4.74. The van der Waals surface area contributed by atoms with Crippen LogP contribution in [-0.2, 0) is 11.3 Å². The van der Waals surface area contributed by atoms with Crippen molar-refractivity contribution >= 4 is 41.5 Å². The Morgan fingerprint density at radius 1 is 1.19 bits per heavy atom. The summed E-state index contributed by atoms with van der Waals surface area (Å²) in [4.78, 5) is 11.5. The maximum absolute atomic E-state index is 6.06. The first-order valence-corrected chi connectivity index (χ1v) is 11.4. The zero-order valence-corrected chi connectivity index (χ0v) is 21.6. The van der Waals surface area contributed by atoms with Crippen LogP contribution in [0.25, 0.3) is 11.4 Å². The fraction of sp³-hybridized carbons (Fsp3) is 0.591. The topological polar surface area (TPSA) is 87.8 Å². The van der Waals surface area contributed by atoms with Crippen LogP contribution in [0.4, 0.5) is 0 Å². The van der Waals surface area contributed by atoms with E-state index in [0.717, 1.165) is 44.4 Å². The SMILES string of the molecule is CN=C(NCc1nc(-c2cccc(Cl)c2)no1)NCC1(N2CCOCC2)CCCCC1.I. The molecule has 0 spiro atoms. The number of hydrogen-bond acceptors (Lipinski definition) is 6. The minimum absolute atomic E-state index is 0. The molecule has 8 nitrogen and oxygen atoms in total. The van der Waals surface area contributed by atoms with E-state index in [4.69, 9.17) is 20.9 Å². The lowest BCUT2D eigenvalue weighted by Gasteiger charge is -2.48. The number of ether oxygens (including phenoxy) is 1. The summed E-state index contributed by atoms with van der Waals surface area (Å²) in [6.07, 6.45) is 6.30. The van der Waals surface area contributed by atoms with E-state index in [-0.39, 0.29) is 29.5 Å². The van der Waals surface area contributed by atoms with Gasteiger partial charge in [-0.15, -0.1) is 24.0 Å². The largest absolute Gasteiger partial charge is 0.379 e. The molecule has 1 aliphatic carbocycles. The van der Waals surface area contributed by atoms with E-state index in [1.165, 1.54) is 32.1 Å². The molecule has 0 atom stereocenters. The average Bonchev–Trinajstić information content (AvgIpc) is 3.30. The summed E-state index contributed by atoms with van der Waals surface area (Å²) >= 11 is 6.06. The van der Waals surface area contributed by atoms with E-state index >= 15 is 0 Å². The van der Waals surface area contributed by atoms with Crippen LogP contribution in [0, 0.1) is 0 Å². The van der Waals surface area contributed by atoms with Crippen molar-refractivity contribution in [3.8, 4) is 11.4 Å². The Morgan fingerprint density at radius 3 is 2.69 bits per heavy atom. The van der Waals surface area contributed by atoms with Gasteiger partial charge in [0.15, 0.2) is 5.96 Å². The molecule has 0 amide bonds. The number of hydrogen-bond donors (Lipinski definition) is 2. The third-order valence-electron chi connectivity index (χ3n) is 6.23. The molecule has 0 unspecified atom stereocenters.